The van der Waals surface area contributed by atoms with Crippen molar-refractivity contribution in [3.8, 4) is 11.5 Å². The molecule has 2 aromatic rings. The standard InChI is InChI=1S/C16H19NO4S2/c1-11-13-7-9-22-16(13)6-8-17(11)23(18,19)12-4-5-14(20-2)15(10-12)21-3/h4-5,7,9-11H,6,8H2,1-3H3/t11-/m0/s1. The monoisotopic (exact) mass is 353 g/mol. The summed E-state index contributed by atoms with van der Waals surface area (Å²) in [5, 5.41) is 2.02. The first kappa shape index (κ1) is 16.3. The topological polar surface area (TPSA) is 55.8 Å². The maximum absolute atomic E-state index is 13.0. The van der Waals surface area contributed by atoms with Crippen molar-refractivity contribution < 1.29 is 17.9 Å². The summed E-state index contributed by atoms with van der Waals surface area (Å²) < 4.78 is 38.0. The van der Waals surface area contributed by atoms with Crippen LogP contribution in [0.2, 0.25) is 0 Å². The van der Waals surface area contributed by atoms with Gasteiger partial charge in [0.1, 0.15) is 0 Å². The minimum atomic E-state index is -3.59. The Morgan fingerprint density at radius 2 is 1.91 bits per heavy atom. The second-order valence-corrected chi connectivity index (χ2v) is 8.25. The van der Waals surface area contributed by atoms with E-state index in [1.54, 1.807) is 27.8 Å². The second-order valence-electron chi connectivity index (χ2n) is 5.36. The van der Waals surface area contributed by atoms with Crippen LogP contribution in [-0.2, 0) is 16.4 Å². The van der Waals surface area contributed by atoms with E-state index >= 15 is 0 Å². The molecule has 0 unspecified atom stereocenters. The maximum atomic E-state index is 13.0. The Bertz CT molecular complexity index is 813. The Kier molecular flexibility index (Phi) is 4.35. The molecule has 0 saturated heterocycles. The van der Waals surface area contributed by atoms with Crippen LogP contribution in [0, 0.1) is 0 Å². The molecular formula is C16H19NO4S2. The minimum absolute atomic E-state index is 0.164. The summed E-state index contributed by atoms with van der Waals surface area (Å²) in [6.45, 7) is 2.42. The molecule has 0 amide bonds. The molecule has 1 atom stereocenters. The maximum Gasteiger partial charge on any atom is 0.243 e. The third kappa shape index (κ3) is 2.73. The fourth-order valence-electron chi connectivity index (χ4n) is 2.93. The van der Waals surface area contributed by atoms with Crippen LogP contribution in [0.4, 0.5) is 0 Å². The number of sulfonamides is 1. The van der Waals surface area contributed by atoms with Crippen LogP contribution in [0.25, 0.3) is 0 Å². The molecule has 23 heavy (non-hydrogen) atoms. The lowest BCUT2D eigenvalue weighted by Gasteiger charge is -2.32. The summed E-state index contributed by atoms with van der Waals surface area (Å²) in [6.07, 6.45) is 0.754. The van der Waals surface area contributed by atoms with Gasteiger partial charge in [-0.25, -0.2) is 8.42 Å². The molecule has 0 spiro atoms. The van der Waals surface area contributed by atoms with Gasteiger partial charge < -0.3 is 9.47 Å². The van der Waals surface area contributed by atoms with Crippen LogP contribution in [0.15, 0.2) is 34.5 Å². The number of hydrogen-bond donors (Lipinski definition) is 0. The van der Waals surface area contributed by atoms with Crippen LogP contribution < -0.4 is 9.47 Å². The van der Waals surface area contributed by atoms with Gasteiger partial charge >= 0.3 is 0 Å². The zero-order valence-electron chi connectivity index (χ0n) is 13.3. The average molecular weight is 353 g/mol. The SMILES string of the molecule is COc1ccc(S(=O)(=O)N2CCc3sccc3[C@@H]2C)cc1OC. The molecule has 0 fully saturated rings. The molecule has 0 aliphatic carbocycles. The first-order chi connectivity index (χ1) is 11.0. The summed E-state index contributed by atoms with van der Waals surface area (Å²) in [5.74, 6) is 0.924. The molecule has 0 radical (unpaired) electrons. The number of thiophene rings is 1. The van der Waals surface area contributed by atoms with Crippen molar-refractivity contribution in [3.63, 3.8) is 0 Å². The van der Waals surface area contributed by atoms with Crippen molar-refractivity contribution in [3.05, 3.63) is 40.1 Å². The zero-order valence-corrected chi connectivity index (χ0v) is 14.9. The number of hydrogen-bond acceptors (Lipinski definition) is 5. The highest BCUT2D eigenvalue weighted by atomic mass is 32.2. The number of ether oxygens (including phenoxy) is 2. The van der Waals surface area contributed by atoms with Crippen LogP contribution >= 0.6 is 11.3 Å². The first-order valence-corrected chi connectivity index (χ1v) is 9.61. The summed E-state index contributed by atoms with van der Waals surface area (Å²) in [5.41, 5.74) is 1.10. The third-order valence-electron chi connectivity index (χ3n) is 4.18. The summed E-state index contributed by atoms with van der Waals surface area (Å²) in [6, 6.07) is 6.55. The predicted molar refractivity (Wildman–Crippen MR) is 89.9 cm³/mol. The fraction of sp³-hybridized carbons (Fsp3) is 0.375. The Balaban J connectivity index is 1.99. The van der Waals surface area contributed by atoms with Crippen molar-refractivity contribution >= 4 is 21.4 Å². The molecule has 1 aromatic carbocycles. The van der Waals surface area contributed by atoms with Gasteiger partial charge in [-0.05, 0) is 42.5 Å². The fourth-order valence-corrected chi connectivity index (χ4v) is 5.52. The van der Waals surface area contributed by atoms with E-state index in [1.807, 2.05) is 18.4 Å². The molecule has 0 bridgehead atoms. The van der Waals surface area contributed by atoms with Gasteiger partial charge in [-0.15, -0.1) is 11.3 Å². The molecule has 7 heteroatoms. The van der Waals surface area contributed by atoms with Crippen LogP contribution in [0.5, 0.6) is 11.5 Å². The third-order valence-corrected chi connectivity index (χ3v) is 7.15. The first-order valence-electron chi connectivity index (χ1n) is 7.29. The predicted octanol–water partition coefficient (Wildman–Crippen LogP) is 3.07. The molecule has 2 heterocycles. The molecule has 124 valence electrons. The summed E-state index contributed by atoms with van der Waals surface area (Å²) >= 11 is 1.69. The van der Waals surface area contributed by atoms with E-state index < -0.39 is 10.0 Å². The van der Waals surface area contributed by atoms with E-state index in [0.29, 0.717) is 18.0 Å². The van der Waals surface area contributed by atoms with Gasteiger partial charge in [-0.3, -0.25) is 0 Å². The quantitative estimate of drug-likeness (QED) is 0.848. The number of methoxy groups -OCH3 is 2. The smallest absolute Gasteiger partial charge is 0.243 e. The molecule has 0 N–H and O–H groups in total. The van der Waals surface area contributed by atoms with E-state index in [1.165, 1.54) is 25.2 Å². The van der Waals surface area contributed by atoms with Crippen molar-refractivity contribution in [1.82, 2.24) is 4.31 Å². The molecular weight excluding hydrogens is 334 g/mol. The van der Waals surface area contributed by atoms with E-state index in [4.69, 9.17) is 9.47 Å². The number of fused-ring (bicyclic) bond motifs is 1. The molecule has 1 aromatic heterocycles. The highest BCUT2D eigenvalue weighted by Crippen LogP contribution is 2.38. The molecule has 0 saturated carbocycles. The van der Waals surface area contributed by atoms with E-state index in [2.05, 4.69) is 0 Å². The van der Waals surface area contributed by atoms with Crippen LogP contribution in [-0.4, -0.2) is 33.5 Å². The number of rotatable bonds is 4. The van der Waals surface area contributed by atoms with E-state index in [0.717, 1.165) is 12.0 Å². The lowest BCUT2D eigenvalue weighted by Crippen LogP contribution is -2.38. The zero-order chi connectivity index (χ0) is 16.6. The Morgan fingerprint density at radius 3 is 2.61 bits per heavy atom. The van der Waals surface area contributed by atoms with Crippen molar-refractivity contribution in [1.29, 1.82) is 0 Å². The highest BCUT2D eigenvalue weighted by Gasteiger charge is 2.34. The summed E-state index contributed by atoms with van der Waals surface area (Å²) in [7, 11) is -0.567. The highest BCUT2D eigenvalue weighted by molar-refractivity contribution is 7.89. The number of benzene rings is 1. The van der Waals surface area contributed by atoms with Gasteiger partial charge in [0.2, 0.25) is 10.0 Å². The number of nitrogens with zero attached hydrogens (tertiary/aromatic N) is 1. The van der Waals surface area contributed by atoms with Gasteiger partial charge in [-0.2, -0.15) is 4.31 Å². The van der Waals surface area contributed by atoms with Gasteiger partial charge in [0.25, 0.3) is 0 Å². The summed E-state index contributed by atoms with van der Waals surface area (Å²) in [4.78, 5) is 1.50. The van der Waals surface area contributed by atoms with Crippen molar-refractivity contribution in [2.75, 3.05) is 20.8 Å². The Morgan fingerprint density at radius 1 is 1.17 bits per heavy atom. The molecule has 1 aliphatic rings. The molecule has 1 aliphatic heterocycles. The minimum Gasteiger partial charge on any atom is -0.493 e. The van der Waals surface area contributed by atoms with Gasteiger partial charge in [0.05, 0.1) is 19.1 Å². The van der Waals surface area contributed by atoms with Crippen molar-refractivity contribution in [2.24, 2.45) is 0 Å². The second kappa shape index (κ2) is 6.14. The van der Waals surface area contributed by atoms with Gasteiger partial charge in [0.15, 0.2) is 11.5 Å². The van der Waals surface area contributed by atoms with Crippen LogP contribution in [0.1, 0.15) is 23.4 Å². The largest absolute Gasteiger partial charge is 0.493 e. The van der Waals surface area contributed by atoms with Crippen molar-refractivity contribution in [2.45, 2.75) is 24.3 Å². The normalized spacial score (nSPS) is 18.5. The molecule has 3 rings (SSSR count). The van der Waals surface area contributed by atoms with E-state index in [9.17, 15) is 8.42 Å². The van der Waals surface area contributed by atoms with Gasteiger partial charge in [-0.1, -0.05) is 0 Å². The Hall–Kier alpha value is -1.57. The average Bonchev–Trinajstić information content (AvgIpc) is 3.03. The van der Waals surface area contributed by atoms with Crippen LogP contribution in [0.3, 0.4) is 0 Å². The van der Waals surface area contributed by atoms with E-state index in [-0.39, 0.29) is 10.9 Å². The lowest BCUT2D eigenvalue weighted by molar-refractivity contribution is 0.328. The lowest BCUT2D eigenvalue weighted by atomic mass is 10.0. The Labute approximate surface area is 140 Å². The van der Waals surface area contributed by atoms with Gasteiger partial charge in [0, 0.05) is 23.5 Å². The molecule has 5 nitrogen and oxygen atoms in total.